The van der Waals surface area contributed by atoms with Gasteiger partial charge in [-0.15, -0.1) is 11.6 Å². The number of hydrogen-bond donors (Lipinski definition) is 1. The zero-order valence-electron chi connectivity index (χ0n) is 11.7. The molecule has 0 saturated heterocycles. The Kier molecular flexibility index (Phi) is 5.08. The van der Waals surface area contributed by atoms with Gasteiger partial charge in [0.2, 0.25) is 0 Å². The molecule has 7 heteroatoms. The molecule has 1 unspecified atom stereocenters. The maximum absolute atomic E-state index is 12.5. The lowest BCUT2D eigenvalue weighted by Gasteiger charge is -2.12. The molecule has 1 radical (unpaired) electrons. The lowest BCUT2D eigenvalue weighted by molar-refractivity contribution is -0.385. The summed E-state index contributed by atoms with van der Waals surface area (Å²) < 4.78 is 0. The van der Waals surface area contributed by atoms with Crippen LogP contribution < -0.4 is 0 Å². The van der Waals surface area contributed by atoms with Gasteiger partial charge in [-0.05, 0) is 11.1 Å². The number of carbonyl (C=O) groups is 2. The summed E-state index contributed by atoms with van der Waals surface area (Å²) >= 11 is 5.67. The summed E-state index contributed by atoms with van der Waals surface area (Å²) in [5.74, 6) is -3.57. The highest BCUT2D eigenvalue weighted by Crippen LogP contribution is 2.27. The Balaban J connectivity index is 2.47. The third-order valence-corrected chi connectivity index (χ3v) is 3.56. The maximum Gasteiger partial charge on any atom is 0.318 e. The van der Waals surface area contributed by atoms with E-state index in [2.05, 4.69) is 6.07 Å². The molecule has 0 bridgehead atoms. The number of nitrogens with zero attached hydrogens (tertiary/aromatic N) is 1. The summed E-state index contributed by atoms with van der Waals surface area (Å²) in [6, 6.07) is 12.5. The van der Waals surface area contributed by atoms with Crippen molar-refractivity contribution in [3.05, 3.63) is 75.3 Å². The van der Waals surface area contributed by atoms with Crippen molar-refractivity contribution in [1.29, 1.82) is 0 Å². The van der Waals surface area contributed by atoms with E-state index in [-0.39, 0.29) is 17.0 Å². The number of carboxylic acid groups (broad SMARTS) is 1. The van der Waals surface area contributed by atoms with E-state index < -0.39 is 28.3 Å². The number of halogens is 1. The highest BCUT2D eigenvalue weighted by Gasteiger charge is 2.33. The average Bonchev–Trinajstić information content (AvgIpc) is 2.55. The van der Waals surface area contributed by atoms with Gasteiger partial charge in [-0.2, -0.15) is 0 Å². The molecule has 0 fully saturated rings. The van der Waals surface area contributed by atoms with Crippen LogP contribution in [0.1, 0.15) is 27.4 Å². The fourth-order valence-electron chi connectivity index (χ4n) is 2.13. The summed E-state index contributed by atoms with van der Waals surface area (Å²) in [5.41, 5.74) is 0.166. The molecule has 0 aromatic heterocycles. The lowest BCUT2D eigenvalue weighted by atomic mass is 9.89. The summed E-state index contributed by atoms with van der Waals surface area (Å²) in [7, 11) is 0. The molecular formula is C16H11ClNO5. The molecule has 23 heavy (non-hydrogen) atoms. The molecule has 6 nitrogen and oxygen atoms in total. The Hall–Kier alpha value is -2.73. The number of nitro groups is 1. The van der Waals surface area contributed by atoms with E-state index in [1.165, 1.54) is 24.3 Å². The number of nitro benzene ring substituents is 1. The number of Topliss-reactive ketones (excluding diaryl/α,β-unsaturated/α-hetero) is 1. The summed E-state index contributed by atoms with van der Waals surface area (Å²) in [5, 5.41) is 20.4. The zero-order valence-corrected chi connectivity index (χ0v) is 12.5. The normalized spacial score (nSPS) is 11.7. The molecule has 0 saturated carbocycles. The van der Waals surface area contributed by atoms with E-state index >= 15 is 0 Å². The molecule has 1 atom stereocenters. The van der Waals surface area contributed by atoms with Gasteiger partial charge >= 0.3 is 5.97 Å². The summed E-state index contributed by atoms with van der Waals surface area (Å²) in [4.78, 5) is 34.3. The highest BCUT2D eigenvalue weighted by molar-refractivity contribution is 6.17. The number of carboxylic acids is 1. The molecule has 0 heterocycles. The number of rotatable bonds is 6. The largest absolute Gasteiger partial charge is 0.480 e. The van der Waals surface area contributed by atoms with E-state index in [1.54, 1.807) is 12.1 Å². The van der Waals surface area contributed by atoms with Gasteiger partial charge in [-0.3, -0.25) is 19.7 Å². The van der Waals surface area contributed by atoms with Crippen LogP contribution in [0.3, 0.4) is 0 Å². The van der Waals surface area contributed by atoms with Gasteiger partial charge < -0.3 is 5.11 Å². The first-order valence-corrected chi connectivity index (χ1v) is 7.06. The van der Waals surface area contributed by atoms with E-state index in [9.17, 15) is 24.8 Å². The van der Waals surface area contributed by atoms with Crippen LogP contribution in [0.5, 0.6) is 0 Å². The fraction of sp³-hybridized carbons (Fsp3) is 0.125. The van der Waals surface area contributed by atoms with Gasteiger partial charge in [0, 0.05) is 18.0 Å². The molecule has 0 amide bonds. The number of hydrogen-bond acceptors (Lipinski definition) is 4. The second-order valence-electron chi connectivity index (χ2n) is 4.70. The van der Waals surface area contributed by atoms with Crippen molar-refractivity contribution in [3.8, 4) is 0 Å². The van der Waals surface area contributed by atoms with E-state index in [0.29, 0.717) is 0 Å². The number of alkyl halides is 1. The van der Waals surface area contributed by atoms with Crippen LogP contribution in [0.4, 0.5) is 5.69 Å². The monoisotopic (exact) mass is 332 g/mol. The Labute approximate surface area is 136 Å². The van der Waals surface area contributed by atoms with Crippen LogP contribution in [0.15, 0.2) is 42.5 Å². The first-order valence-electron chi connectivity index (χ1n) is 6.52. The van der Waals surface area contributed by atoms with Crippen molar-refractivity contribution in [2.45, 2.75) is 11.8 Å². The van der Waals surface area contributed by atoms with Gasteiger partial charge in [0.1, 0.15) is 11.5 Å². The molecule has 0 spiro atoms. The SMILES string of the molecule is O=C(O)C(C(=O)c1[c]cccc1[N+](=O)[O-])c1ccc(CCl)cc1. The minimum atomic E-state index is -1.54. The van der Waals surface area contributed by atoms with Gasteiger partial charge in [0.25, 0.3) is 5.69 Å². The second kappa shape index (κ2) is 7.02. The van der Waals surface area contributed by atoms with Crippen LogP contribution in [0.25, 0.3) is 0 Å². The van der Waals surface area contributed by atoms with Gasteiger partial charge in [0.05, 0.1) is 4.92 Å². The zero-order chi connectivity index (χ0) is 17.0. The van der Waals surface area contributed by atoms with Gasteiger partial charge in [-0.1, -0.05) is 36.4 Å². The third kappa shape index (κ3) is 3.54. The second-order valence-corrected chi connectivity index (χ2v) is 4.97. The quantitative estimate of drug-likeness (QED) is 0.288. The standard InChI is InChI=1S/C16H11ClNO5/c17-9-10-5-7-11(8-6-10)14(16(20)21)15(19)12-3-1-2-4-13(12)18(22)23/h1-2,4-8,14H,9H2,(H,20,21). The van der Waals surface area contributed by atoms with Crippen LogP contribution in [0.2, 0.25) is 0 Å². The molecule has 0 aliphatic carbocycles. The molecule has 2 rings (SSSR count). The van der Waals surface area contributed by atoms with Crippen LogP contribution in [-0.4, -0.2) is 21.8 Å². The van der Waals surface area contributed by atoms with Crippen molar-refractivity contribution in [2.75, 3.05) is 0 Å². The molecule has 117 valence electrons. The number of aliphatic carboxylic acids is 1. The van der Waals surface area contributed by atoms with Crippen LogP contribution >= 0.6 is 11.6 Å². The first kappa shape index (κ1) is 16.6. The predicted octanol–water partition coefficient (Wildman–Crippen LogP) is 3.18. The third-order valence-electron chi connectivity index (χ3n) is 3.25. The molecule has 0 aliphatic rings. The first-order chi connectivity index (χ1) is 11.0. The Morgan fingerprint density at radius 1 is 1.26 bits per heavy atom. The van der Waals surface area contributed by atoms with E-state index in [4.69, 9.17) is 11.6 Å². The molecule has 2 aromatic rings. The van der Waals surface area contributed by atoms with E-state index in [0.717, 1.165) is 11.6 Å². The maximum atomic E-state index is 12.5. The van der Waals surface area contributed by atoms with Crippen molar-refractivity contribution < 1.29 is 19.6 Å². The van der Waals surface area contributed by atoms with Crippen LogP contribution in [0, 0.1) is 16.2 Å². The fourth-order valence-corrected chi connectivity index (χ4v) is 2.31. The molecule has 2 aromatic carbocycles. The minimum absolute atomic E-state index is 0.225. The summed E-state index contributed by atoms with van der Waals surface area (Å²) in [6.45, 7) is 0. The minimum Gasteiger partial charge on any atom is -0.480 e. The van der Waals surface area contributed by atoms with Crippen molar-refractivity contribution >= 4 is 29.0 Å². The van der Waals surface area contributed by atoms with Gasteiger partial charge in [0.15, 0.2) is 5.78 Å². The smallest absolute Gasteiger partial charge is 0.318 e. The summed E-state index contributed by atoms with van der Waals surface area (Å²) in [6.07, 6.45) is 0. The molecular weight excluding hydrogens is 322 g/mol. The lowest BCUT2D eigenvalue weighted by Crippen LogP contribution is -2.22. The van der Waals surface area contributed by atoms with Crippen molar-refractivity contribution in [1.82, 2.24) is 0 Å². The highest BCUT2D eigenvalue weighted by atomic mass is 35.5. The average molecular weight is 333 g/mol. The Morgan fingerprint density at radius 2 is 1.91 bits per heavy atom. The predicted molar refractivity (Wildman–Crippen MR) is 82.6 cm³/mol. The van der Waals surface area contributed by atoms with Crippen molar-refractivity contribution in [2.24, 2.45) is 0 Å². The van der Waals surface area contributed by atoms with Crippen molar-refractivity contribution in [3.63, 3.8) is 0 Å². The number of benzene rings is 2. The number of carbonyl (C=O) groups excluding carboxylic acids is 1. The Bertz CT molecular complexity index is 757. The number of ketones is 1. The van der Waals surface area contributed by atoms with Gasteiger partial charge in [-0.25, -0.2) is 0 Å². The Morgan fingerprint density at radius 3 is 2.43 bits per heavy atom. The molecule has 1 N–H and O–H groups in total. The van der Waals surface area contributed by atoms with E-state index in [1.807, 2.05) is 0 Å². The molecule has 0 aliphatic heterocycles. The van der Waals surface area contributed by atoms with Crippen LogP contribution in [-0.2, 0) is 10.7 Å². The topological polar surface area (TPSA) is 97.5 Å².